The van der Waals surface area contributed by atoms with Crippen LogP contribution in [0.15, 0.2) is 109 Å². The van der Waals surface area contributed by atoms with Crippen molar-refractivity contribution in [2.45, 2.75) is 0 Å². The second kappa shape index (κ2) is 8.97. The van der Waals surface area contributed by atoms with Gasteiger partial charge in [-0.15, -0.1) is 0 Å². The molecule has 1 aliphatic rings. The van der Waals surface area contributed by atoms with Crippen LogP contribution in [0.5, 0.6) is 11.5 Å². The Balaban J connectivity index is 1.28. The van der Waals surface area contributed by atoms with Crippen molar-refractivity contribution in [2.24, 2.45) is 0 Å². The molecule has 0 spiro atoms. The molecule has 0 bridgehead atoms. The van der Waals surface area contributed by atoms with Crippen molar-refractivity contribution in [3.8, 4) is 22.6 Å². The average molecular weight is 432 g/mol. The lowest BCUT2D eigenvalue weighted by atomic mass is 10.0. The molecule has 4 aromatic rings. The van der Waals surface area contributed by atoms with Gasteiger partial charge in [-0.2, -0.15) is 0 Å². The first-order valence-corrected chi connectivity index (χ1v) is 10.6. The van der Waals surface area contributed by atoms with Crippen molar-refractivity contribution < 1.29 is 19.1 Å². The predicted molar refractivity (Wildman–Crippen MR) is 128 cm³/mol. The van der Waals surface area contributed by atoms with Gasteiger partial charge < -0.3 is 9.47 Å². The number of Topliss-reactive ketones (excluding diaryl/α,β-unsaturated/α-hetero) is 2. The number of allylic oxidation sites excluding steroid dienone is 1. The highest BCUT2D eigenvalue weighted by atomic mass is 16.5. The fourth-order valence-corrected chi connectivity index (χ4v) is 3.67. The maximum absolute atomic E-state index is 12.8. The van der Waals surface area contributed by atoms with Gasteiger partial charge in [-0.1, -0.05) is 84.9 Å². The maximum atomic E-state index is 12.8. The lowest BCUT2D eigenvalue weighted by Crippen LogP contribution is -2.11. The molecule has 0 saturated heterocycles. The quantitative estimate of drug-likeness (QED) is 0.268. The van der Waals surface area contributed by atoms with E-state index in [1.807, 2.05) is 60.7 Å². The summed E-state index contributed by atoms with van der Waals surface area (Å²) in [4.78, 5) is 25.0. The lowest BCUT2D eigenvalue weighted by molar-refractivity contribution is 0.0921. The molecule has 0 fully saturated rings. The Labute approximate surface area is 191 Å². The number of ketones is 2. The van der Waals surface area contributed by atoms with E-state index in [2.05, 4.69) is 12.1 Å². The molecule has 5 rings (SSSR count). The first-order valence-electron chi connectivity index (χ1n) is 10.6. The molecule has 0 saturated carbocycles. The molecule has 0 unspecified atom stereocenters. The average Bonchev–Trinajstić information content (AvgIpc) is 3.18. The van der Waals surface area contributed by atoms with Crippen LogP contribution >= 0.6 is 0 Å². The van der Waals surface area contributed by atoms with E-state index in [9.17, 15) is 9.59 Å². The molecule has 0 amide bonds. The van der Waals surface area contributed by atoms with E-state index in [0.717, 1.165) is 16.7 Å². The molecule has 0 radical (unpaired) electrons. The fraction of sp³-hybridized carbons (Fsp3) is 0.0345. The molecule has 0 atom stereocenters. The SMILES string of the molecule is O=C(COc1ccc2c(c1)O/C(=C\c1ccc(-c3ccccc3)cc1)C2=O)c1ccccc1. The minimum atomic E-state index is -0.177. The number of rotatable bonds is 6. The summed E-state index contributed by atoms with van der Waals surface area (Å²) >= 11 is 0. The van der Waals surface area contributed by atoms with Gasteiger partial charge in [-0.25, -0.2) is 0 Å². The third kappa shape index (κ3) is 4.46. The standard InChI is InChI=1S/C29H20O4/c30-26(23-9-5-2-6-10-23)19-32-24-15-16-25-27(18-24)33-28(29(25)31)17-20-11-13-22(14-12-20)21-7-3-1-4-8-21/h1-18H,19H2/b28-17-. The van der Waals surface area contributed by atoms with Gasteiger partial charge in [-0.05, 0) is 34.9 Å². The summed E-state index contributed by atoms with van der Waals surface area (Å²) in [5, 5.41) is 0. The molecule has 0 aliphatic carbocycles. The van der Waals surface area contributed by atoms with E-state index in [1.165, 1.54) is 0 Å². The smallest absolute Gasteiger partial charge is 0.231 e. The minimum Gasteiger partial charge on any atom is -0.485 e. The van der Waals surface area contributed by atoms with Crippen LogP contribution in [0, 0.1) is 0 Å². The van der Waals surface area contributed by atoms with Crippen molar-refractivity contribution in [1.82, 2.24) is 0 Å². The third-order valence-electron chi connectivity index (χ3n) is 5.42. The van der Waals surface area contributed by atoms with Gasteiger partial charge in [-0.3, -0.25) is 9.59 Å². The van der Waals surface area contributed by atoms with Crippen LogP contribution in [0.3, 0.4) is 0 Å². The topological polar surface area (TPSA) is 52.6 Å². The molecule has 4 aromatic carbocycles. The number of ether oxygens (including phenoxy) is 2. The number of benzene rings is 4. The Morgan fingerprint density at radius 1 is 0.788 bits per heavy atom. The minimum absolute atomic E-state index is 0.0901. The van der Waals surface area contributed by atoms with Crippen LogP contribution in [0.4, 0.5) is 0 Å². The molecule has 160 valence electrons. The summed E-state index contributed by atoms with van der Waals surface area (Å²) in [5.74, 6) is 0.864. The molecule has 4 heteroatoms. The highest BCUT2D eigenvalue weighted by molar-refractivity contribution is 6.14. The van der Waals surface area contributed by atoms with Gasteiger partial charge in [0.1, 0.15) is 11.5 Å². The number of fused-ring (bicyclic) bond motifs is 1. The lowest BCUT2D eigenvalue weighted by Gasteiger charge is -2.07. The number of carbonyl (C=O) groups is 2. The van der Waals surface area contributed by atoms with E-state index in [-0.39, 0.29) is 23.9 Å². The summed E-state index contributed by atoms with van der Waals surface area (Å²) in [7, 11) is 0. The van der Waals surface area contributed by atoms with E-state index in [4.69, 9.17) is 9.47 Å². The van der Waals surface area contributed by atoms with Gasteiger partial charge in [0.05, 0.1) is 5.56 Å². The zero-order valence-electron chi connectivity index (χ0n) is 17.7. The van der Waals surface area contributed by atoms with Gasteiger partial charge in [0, 0.05) is 11.6 Å². The largest absolute Gasteiger partial charge is 0.485 e. The number of carbonyl (C=O) groups excluding carboxylic acids is 2. The Kier molecular flexibility index (Phi) is 5.56. The van der Waals surface area contributed by atoms with Gasteiger partial charge in [0.2, 0.25) is 5.78 Å². The van der Waals surface area contributed by atoms with Gasteiger partial charge in [0.25, 0.3) is 0 Å². The van der Waals surface area contributed by atoms with Crippen LogP contribution in [0.2, 0.25) is 0 Å². The highest BCUT2D eigenvalue weighted by Crippen LogP contribution is 2.35. The predicted octanol–water partition coefficient (Wildman–Crippen LogP) is 6.23. The van der Waals surface area contributed by atoms with E-state index in [1.54, 1.807) is 36.4 Å². The van der Waals surface area contributed by atoms with Crippen molar-refractivity contribution >= 4 is 17.6 Å². The normalized spacial score (nSPS) is 13.5. The Morgan fingerprint density at radius 3 is 2.18 bits per heavy atom. The van der Waals surface area contributed by atoms with Gasteiger partial charge in [0.15, 0.2) is 18.1 Å². The Bertz CT molecular complexity index is 1340. The van der Waals surface area contributed by atoms with E-state index >= 15 is 0 Å². The fourth-order valence-electron chi connectivity index (χ4n) is 3.67. The first kappa shape index (κ1) is 20.5. The maximum Gasteiger partial charge on any atom is 0.231 e. The summed E-state index contributed by atoms with van der Waals surface area (Å²) in [6.45, 7) is -0.0901. The van der Waals surface area contributed by atoms with Crippen LogP contribution in [0.1, 0.15) is 26.3 Å². The third-order valence-corrected chi connectivity index (χ3v) is 5.42. The van der Waals surface area contributed by atoms with E-state index in [0.29, 0.717) is 22.6 Å². The van der Waals surface area contributed by atoms with Crippen molar-refractivity contribution in [3.63, 3.8) is 0 Å². The Morgan fingerprint density at radius 2 is 1.45 bits per heavy atom. The molecule has 0 N–H and O–H groups in total. The second-order valence-electron chi connectivity index (χ2n) is 7.66. The molecule has 0 aromatic heterocycles. The second-order valence-corrected chi connectivity index (χ2v) is 7.66. The van der Waals surface area contributed by atoms with Gasteiger partial charge >= 0.3 is 0 Å². The van der Waals surface area contributed by atoms with Crippen LogP contribution in [-0.4, -0.2) is 18.2 Å². The number of hydrogen-bond acceptors (Lipinski definition) is 4. The highest BCUT2D eigenvalue weighted by Gasteiger charge is 2.27. The Hall–Kier alpha value is -4.44. The molecular weight excluding hydrogens is 412 g/mol. The molecule has 4 nitrogen and oxygen atoms in total. The zero-order valence-corrected chi connectivity index (χ0v) is 17.7. The summed E-state index contributed by atoms with van der Waals surface area (Å²) < 4.78 is 11.4. The summed E-state index contributed by atoms with van der Waals surface area (Å²) in [5.41, 5.74) is 4.18. The number of hydrogen-bond donors (Lipinski definition) is 0. The first-order chi connectivity index (χ1) is 16.2. The van der Waals surface area contributed by atoms with Crippen LogP contribution in [0.25, 0.3) is 17.2 Å². The van der Waals surface area contributed by atoms with E-state index < -0.39 is 0 Å². The zero-order chi connectivity index (χ0) is 22.6. The summed E-state index contributed by atoms with van der Waals surface area (Å²) in [6.07, 6.45) is 1.73. The molecule has 1 aliphatic heterocycles. The van der Waals surface area contributed by atoms with Crippen molar-refractivity contribution in [1.29, 1.82) is 0 Å². The molecule has 1 heterocycles. The van der Waals surface area contributed by atoms with Crippen molar-refractivity contribution in [3.05, 3.63) is 126 Å². The van der Waals surface area contributed by atoms with Crippen LogP contribution in [-0.2, 0) is 0 Å². The monoisotopic (exact) mass is 432 g/mol. The van der Waals surface area contributed by atoms with Crippen LogP contribution < -0.4 is 9.47 Å². The van der Waals surface area contributed by atoms with Crippen molar-refractivity contribution in [2.75, 3.05) is 6.61 Å². The molecular formula is C29H20O4. The summed E-state index contributed by atoms with van der Waals surface area (Å²) in [6, 6.07) is 32.0. The molecule has 33 heavy (non-hydrogen) atoms.